The molecule has 1 heteroatoms. The van der Waals surface area contributed by atoms with Gasteiger partial charge in [-0.1, -0.05) is 12.8 Å². The van der Waals surface area contributed by atoms with E-state index in [0.717, 1.165) is 18.0 Å². The minimum atomic E-state index is 0.847. The number of hydrogen-bond donors (Lipinski definition) is 0. The molecule has 0 amide bonds. The van der Waals surface area contributed by atoms with E-state index in [9.17, 15) is 0 Å². The maximum absolute atomic E-state index is 2.62. The zero-order chi connectivity index (χ0) is 8.55. The Morgan fingerprint density at radius 3 is 2.17 bits per heavy atom. The average Bonchev–Trinajstić information content (AvgIpc) is 2.79. The highest BCUT2D eigenvalue weighted by molar-refractivity contribution is 4.88. The molecule has 12 heavy (non-hydrogen) atoms. The van der Waals surface area contributed by atoms with Crippen molar-refractivity contribution in [3.8, 4) is 0 Å². The topological polar surface area (TPSA) is 3.24 Å². The van der Waals surface area contributed by atoms with Crippen molar-refractivity contribution in [1.29, 1.82) is 0 Å². The van der Waals surface area contributed by atoms with E-state index in [1.54, 1.807) is 0 Å². The van der Waals surface area contributed by atoms with E-state index in [1.807, 2.05) is 0 Å². The third-order valence-electron chi connectivity index (χ3n) is 3.85. The van der Waals surface area contributed by atoms with Gasteiger partial charge in [0, 0.05) is 12.1 Å². The molecule has 0 aromatic carbocycles. The second-order valence-electron chi connectivity index (χ2n) is 4.68. The average molecular weight is 167 g/mol. The molecule has 0 aromatic heterocycles. The van der Waals surface area contributed by atoms with Crippen LogP contribution in [0.2, 0.25) is 0 Å². The number of nitrogens with zero attached hydrogens (tertiary/aromatic N) is 1. The maximum Gasteiger partial charge on any atom is 0.00963 e. The molecule has 0 radical (unpaired) electrons. The van der Waals surface area contributed by atoms with Crippen molar-refractivity contribution in [2.75, 3.05) is 7.05 Å². The molecule has 0 spiro atoms. The summed E-state index contributed by atoms with van der Waals surface area (Å²) in [5.41, 5.74) is 0. The van der Waals surface area contributed by atoms with Crippen molar-refractivity contribution in [3.05, 3.63) is 0 Å². The van der Waals surface area contributed by atoms with Crippen molar-refractivity contribution < 1.29 is 0 Å². The van der Waals surface area contributed by atoms with E-state index in [-0.39, 0.29) is 0 Å². The maximum atomic E-state index is 2.62. The van der Waals surface area contributed by atoms with Gasteiger partial charge in [0.15, 0.2) is 0 Å². The van der Waals surface area contributed by atoms with E-state index in [0.29, 0.717) is 0 Å². The van der Waals surface area contributed by atoms with Crippen molar-refractivity contribution in [1.82, 2.24) is 4.90 Å². The summed E-state index contributed by atoms with van der Waals surface area (Å²) in [7, 11) is 2.32. The van der Waals surface area contributed by atoms with Crippen molar-refractivity contribution in [2.24, 2.45) is 5.92 Å². The first-order valence-electron chi connectivity index (χ1n) is 5.51. The lowest BCUT2D eigenvalue weighted by Crippen LogP contribution is -2.36. The molecule has 1 atom stereocenters. The smallest absolute Gasteiger partial charge is 0.00963 e. The summed E-state index contributed by atoms with van der Waals surface area (Å²) >= 11 is 0. The monoisotopic (exact) mass is 167 g/mol. The highest BCUT2D eigenvalue weighted by Gasteiger charge is 2.33. The fourth-order valence-corrected chi connectivity index (χ4v) is 2.59. The summed E-state index contributed by atoms with van der Waals surface area (Å²) in [6.45, 7) is 2.42. The molecule has 0 saturated heterocycles. The van der Waals surface area contributed by atoms with Gasteiger partial charge in [-0.05, 0) is 45.6 Å². The van der Waals surface area contributed by atoms with Crippen LogP contribution in [0.4, 0.5) is 0 Å². The zero-order valence-corrected chi connectivity index (χ0v) is 8.42. The number of hydrogen-bond acceptors (Lipinski definition) is 1. The van der Waals surface area contributed by atoms with Gasteiger partial charge in [-0.25, -0.2) is 0 Å². The van der Waals surface area contributed by atoms with Crippen molar-refractivity contribution >= 4 is 0 Å². The Hall–Kier alpha value is -0.0400. The minimum absolute atomic E-state index is 0.847. The van der Waals surface area contributed by atoms with Crippen LogP contribution in [0, 0.1) is 5.92 Å². The molecule has 1 nitrogen and oxygen atoms in total. The van der Waals surface area contributed by atoms with E-state index in [1.165, 1.54) is 38.5 Å². The van der Waals surface area contributed by atoms with Crippen LogP contribution in [0.15, 0.2) is 0 Å². The van der Waals surface area contributed by atoms with Crippen LogP contribution < -0.4 is 0 Å². The fourth-order valence-electron chi connectivity index (χ4n) is 2.59. The van der Waals surface area contributed by atoms with Gasteiger partial charge in [-0.2, -0.15) is 0 Å². The summed E-state index contributed by atoms with van der Waals surface area (Å²) in [4.78, 5) is 2.62. The van der Waals surface area contributed by atoms with Crippen molar-refractivity contribution in [3.63, 3.8) is 0 Å². The van der Waals surface area contributed by atoms with Crippen molar-refractivity contribution in [2.45, 2.75) is 57.5 Å². The molecule has 70 valence electrons. The van der Waals surface area contributed by atoms with Gasteiger partial charge >= 0.3 is 0 Å². The lowest BCUT2D eigenvalue weighted by Gasteiger charge is -2.29. The van der Waals surface area contributed by atoms with Gasteiger partial charge in [0.25, 0.3) is 0 Å². The predicted octanol–water partition coefficient (Wildman–Crippen LogP) is 2.66. The van der Waals surface area contributed by atoms with Crippen LogP contribution in [0.25, 0.3) is 0 Å². The highest BCUT2D eigenvalue weighted by atomic mass is 15.2. The molecule has 2 rings (SSSR count). The van der Waals surface area contributed by atoms with E-state index < -0.39 is 0 Å². The minimum Gasteiger partial charge on any atom is -0.300 e. The second kappa shape index (κ2) is 3.37. The lowest BCUT2D eigenvalue weighted by atomic mass is 9.98. The Morgan fingerprint density at radius 1 is 1.08 bits per heavy atom. The van der Waals surface area contributed by atoms with Gasteiger partial charge in [-0.15, -0.1) is 0 Å². The second-order valence-corrected chi connectivity index (χ2v) is 4.68. The Bertz CT molecular complexity index is 143. The molecule has 0 bridgehead atoms. The van der Waals surface area contributed by atoms with E-state index >= 15 is 0 Å². The lowest BCUT2D eigenvalue weighted by molar-refractivity contribution is 0.183. The first-order chi connectivity index (χ1) is 5.79. The molecule has 2 aliphatic carbocycles. The summed E-state index contributed by atoms with van der Waals surface area (Å²) in [5.74, 6) is 1.01. The van der Waals surface area contributed by atoms with E-state index in [4.69, 9.17) is 0 Å². The first-order valence-corrected chi connectivity index (χ1v) is 5.51. The van der Waals surface area contributed by atoms with Crippen LogP contribution in [0.1, 0.15) is 45.4 Å². The van der Waals surface area contributed by atoms with Crippen LogP contribution in [-0.2, 0) is 0 Å². The van der Waals surface area contributed by atoms with Crippen LogP contribution in [0.3, 0.4) is 0 Å². The van der Waals surface area contributed by atoms with Crippen LogP contribution in [-0.4, -0.2) is 24.0 Å². The fraction of sp³-hybridized carbons (Fsp3) is 1.00. The first kappa shape index (κ1) is 8.55. The summed E-state index contributed by atoms with van der Waals surface area (Å²) in [5, 5.41) is 0. The third kappa shape index (κ3) is 1.66. The third-order valence-corrected chi connectivity index (χ3v) is 3.85. The van der Waals surface area contributed by atoms with Gasteiger partial charge in [0.05, 0.1) is 0 Å². The Morgan fingerprint density at radius 2 is 1.67 bits per heavy atom. The molecule has 2 fully saturated rings. The van der Waals surface area contributed by atoms with E-state index in [2.05, 4.69) is 18.9 Å². The SMILES string of the molecule is CC(C1CCCC1)N(C)C1CC1. The van der Waals surface area contributed by atoms with Gasteiger partial charge in [0.1, 0.15) is 0 Å². The molecule has 0 aliphatic heterocycles. The summed E-state index contributed by atoms with van der Waals surface area (Å²) in [6, 6.07) is 1.79. The highest BCUT2D eigenvalue weighted by Crippen LogP contribution is 2.34. The largest absolute Gasteiger partial charge is 0.300 e. The standard InChI is InChI=1S/C11H21N/c1-9(10-5-3-4-6-10)12(2)11-7-8-11/h9-11H,3-8H2,1-2H3. The summed E-state index contributed by atoms with van der Waals surface area (Å²) < 4.78 is 0. The Kier molecular flexibility index (Phi) is 2.40. The molecule has 2 saturated carbocycles. The van der Waals surface area contributed by atoms with Crippen LogP contribution >= 0.6 is 0 Å². The van der Waals surface area contributed by atoms with Gasteiger partial charge in [0.2, 0.25) is 0 Å². The van der Waals surface area contributed by atoms with Gasteiger partial charge < -0.3 is 4.90 Å². The molecule has 1 unspecified atom stereocenters. The summed E-state index contributed by atoms with van der Waals surface area (Å²) in [6.07, 6.45) is 8.83. The predicted molar refractivity (Wildman–Crippen MR) is 52.2 cm³/mol. The Labute approximate surface area is 76.1 Å². The van der Waals surface area contributed by atoms with Gasteiger partial charge in [-0.3, -0.25) is 0 Å². The normalized spacial score (nSPS) is 28.2. The molecule has 0 heterocycles. The number of rotatable bonds is 3. The molecule has 0 N–H and O–H groups in total. The zero-order valence-electron chi connectivity index (χ0n) is 8.42. The van der Waals surface area contributed by atoms with Crippen LogP contribution in [0.5, 0.6) is 0 Å². The molecule has 0 aromatic rings. The molecular weight excluding hydrogens is 146 g/mol. The molecular formula is C11H21N. The molecule has 2 aliphatic rings. The Balaban J connectivity index is 1.84. The quantitative estimate of drug-likeness (QED) is 0.624.